The summed E-state index contributed by atoms with van der Waals surface area (Å²) in [5, 5.41) is 6.83. The molecule has 0 fully saturated rings. The molecule has 0 atom stereocenters. The third-order valence-electron chi connectivity index (χ3n) is 2.59. The van der Waals surface area contributed by atoms with Crippen molar-refractivity contribution in [1.29, 1.82) is 0 Å². The zero-order chi connectivity index (χ0) is 14.7. The van der Waals surface area contributed by atoms with Crippen LogP contribution in [0.2, 0.25) is 0 Å². The number of benzene rings is 1. The Hall–Kier alpha value is -1.89. The number of hydrogen-bond acceptors (Lipinski definition) is 3. The van der Waals surface area contributed by atoms with E-state index in [1.807, 2.05) is 6.92 Å². The van der Waals surface area contributed by atoms with Crippen LogP contribution in [0.15, 0.2) is 35.2 Å². The van der Waals surface area contributed by atoms with Crippen LogP contribution in [0.4, 0.5) is 14.6 Å². The lowest BCUT2D eigenvalue weighted by Gasteiger charge is -2.06. The van der Waals surface area contributed by atoms with E-state index in [2.05, 4.69) is 10.4 Å². The van der Waals surface area contributed by atoms with Gasteiger partial charge in [0.05, 0.1) is 5.69 Å². The molecular formula is C13H13F2N3OS. The molecule has 2 aromatic rings. The summed E-state index contributed by atoms with van der Waals surface area (Å²) in [6, 6.07) is 7.78. The third kappa shape index (κ3) is 3.57. The van der Waals surface area contributed by atoms with Crippen LogP contribution in [-0.2, 0) is 7.05 Å². The van der Waals surface area contributed by atoms with Crippen LogP contribution in [0.3, 0.4) is 0 Å². The lowest BCUT2D eigenvalue weighted by Crippen LogP contribution is -2.14. The summed E-state index contributed by atoms with van der Waals surface area (Å²) in [6.07, 6.45) is 0. The van der Waals surface area contributed by atoms with Gasteiger partial charge in [0.15, 0.2) is 0 Å². The molecule has 0 spiro atoms. The zero-order valence-corrected chi connectivity index (χ0v) is 11.7. The molecule has 1 amide bonds. The predicted molar refractivity (Wildman–Crippen MR) is 74.2 cm³/mol. The minimum absolute atomic E-state index is 0.304. The first-order valence-electron chi connectivity index (χ1n) is 5.82. The van der Waals surface area contributed by atoms with E-state index < -0.39 is 5.76 Å². The number of alkyl halides is 2. The van der Waals surface area contributed by atoms with Gasteiger partial charge in [0.2, 0.25) is 0 Å². The van der Waals surface area contributed by atoms with Gasteiger partial charge < -0.3 is 5.32 Å². The number of aromatic nitrogens is 2. The quantitative estimate of drug-likeness (QED) is 0.881. The molecule has 4 nitrogen and oxygen atoms in total. The fourth-order valence-electron chi connectivity index (χ4n) is 1.70. The smallest absolute Gasteiger partial charge is 0.288 e. The molecule has 1 N–H and O–H groups in total. The molecule has 1 aromatic heterocycles. The van der Waals surface area contributed by atoms with Crippen LogP contribution in [0.5, 0.6) is 0 Å². The number of aryl methyl sites for hydroxylation is 2. The Morgan fingerprint density at radius 2 is 2.00 bits per heavy atom. The number of thioether (sulfide) groups is 1. The molecule has 0 bridgehead atoms. The average molecular weight is 297 g/mol. The normalized spacial score (nSPS) is 10.8. The molecule has 0 aliphatic carbocycles. The van der Waals surface area contributed by atoms with Crippen LogP contribution < -0.4 is 5.32 Å². The Kier molecular flexibility index (Phi) is 4.39. The summed E-state index contributed by atoms with van der Waals surface area (Å²) in [4.78, 5) is 12.4. The second-order valence-corrected chi connectivity index (χ2v) is 5.22. The van der Waals surface area contributed by atoms with E-state index in [9.17, 15) is 13.6 Å². The third-order valence-corrected chi connectivity index (χ3v) is 3.31. The maximum absolute atomic E-state index is 12.2. The Morgan fingerprint density at radius 1 is 1.35 bits per heavy atom. The number of amides is 1. The number of carbonyl (C=O) groups is 1. The molecule has 0 saturated heterocycles. The lowest BCUT2D eigenvalue weighted by atomic mass is 10.2. The molecule has 1 heterocycles. The molecule has 0 radical (unpaired) electrons. The van der Waals surface area contributed by atoms with E-state index in [-0.39, 0.29) is 5.91 Å². The molecule has 106 valence electrons. The summed E-state index contributed by atoms with van der Waals surface area (Å²) in [5.74, 6) is -2.19. The standard InChI is InChI=1S/C13H13F2N3OS/c1-8-7-11(18(2)17-8)16-12(19)9-3-5-10(6-4-9)20-13(14)15/h3-7,13H,1-2H3,(H,16,19). The van der Waals surface area contributed by atoms with E-state index >= 15 is 0 Å². The van der Waals surface area contributed by atoms with Gasteiger partial charge in [-0.2, -0.15) is 13.9 Å². The van der Waals surface area contributed by atoms with Crippen molar-refractivity contribution in [1.82, 2.24) is 9.78 Å². The SMILES string of the molecule is Cc1cc(NC(=O)c2ccc(SC(F)F)cc2)n(C)n1. The van der Waals surface area contributed by atoms with Gasteiger partial charge in [0.25, 0.3) is 11.7 Å². The molecule has 0 aliphatic rings. The van der Waals surface area contributed by atoms with Crippen molar-refractivity contribution < 1.29 is 13.6 Å². The predicted octanol–water partition coefficient (Wildman–Crippen LogP) is 3.30. The van der Waals surface area contributed by atoms with Crippen LogP contribution in [0.1, 0.15) is 16.1 Å². The fourth-order valence-corrected chi connectivity index (χ4v) is 2.20. The highest BCUT2D eigenvalue weighted by Gasteiger charge is 2.10. The molecule has 7 heteroatoms. The Bertz CT molecular complexity index is 611. The van der Waals surface area contributed by atoms with Crippen LogP contribution >= 0.6 is 11.8 Å². The molecule has 0 unspecified atom stereocenters. The molecule has 2 rings (SSSR count). The van der Waals surface area contributed by atoms with E-state index in [4.69, 9.17) is 0 Å². The van der Waals surface area contributed by atoms with Gasteiger partial charge in [-0.1, -0.05) is 11.8 Å². The van der Waals surface area contributed by atoms with Crippen LogP contribution in [-0.4, -0.2) is 21.4 Å². The zero-order valence-electron chi connectivity index (χ0n) is 10.9. The highest BCUT2D eigenvalue weighted by Crippen LogP contribution is 2.25. The first-order chi connectivity index (χ1) is 9.45. The topological polar surface area (TPSA) is 46.9 Å². The van der Waals surface area contributed by atoms with Crippen molar-refractivity contribution >= 4 is 23.5 Å². The molecule has 1 aromatic carbocycles. The molecule has 0 aliphatic heterocycles. The van der Waals surface area contributed by atoms with Gasteiger partial charge >= 0.3 is 0 Å². The molecular weight excluding hydrogens is 284 g/mol. The number of rotatable bonds is 4. The number of carbonyl (C=O) groups excluding carboxylic acids is 1. The number of nitrogens with zero attached hydrogens (tertiary/aromatic N) is 2. The highest BCUT2D eigenvalue weighted by atomic mass is 32.2. The van der Waals surface area contributed by atoms with Crippen molar-refractivity contribution in [3.63, 3.8) is 0 Å². The fraction of sp³-hybridized carbons (Fsp3) is 0.231. The summed E-state index contributed by atoms with van der Waals surface area (Å²) in [6.45, 7) is 1.83. The van der Waals surface area contributed by atoms with E-state index in [0.717, 1.165) is 5.69 Å². The van der Waals surface area contributed by atoms with Gasteiger partial charge in [-0.25, -0.2) is 0 Å². The minimum Gasteiger partial charge on any atom is -0.307 e. The molecule has 0 saturated carbocycles. The number of nitrogens with one attached hydrogen (secondary N) is 1. The Labute approximate surface area is 119 Å². The number of hydrogen-bond donors (Lipinski definition) is 1. The van der Waals surface area contributed by atoms with Gasteiger partial charge in [0, 0.05) is 23.6 Å². The van der Waals surface area contributed by atoms with E-state index in [1.165, 1.54) is 24.3 Å². The Balaban J connectivity index is 2.07. The van der Waals surface area contributed by atoms with Gasteiger partial charge in [-0.15, -0.1) is 0 Å². The van der Waals surface area contributed by atoms with Crippen molar-refractivity contribution in [2.45, 2.75) is 17.6 Å². The van der Waals surface area contributed by atoms with Gasteiger partial charge in [-0.3, -0.25) is 9.48 Å². The van der Waals surface area contributed by atoms with E-state index in [0.29, 0.717) is 28.0 Å². The summed E-state index contributed by atoms with van der Waals surface area (Å²) in [7, 11) is 1.73. The van der Waals surface area contributed by atoms with E-state index in [1.54, 1.807) is 17.8 Å². The number of halogens is 2. The lowest BCUT2D eigenvalue weighted by molar-refractivity contribution is 0.102. The number of anilines is 1. The van der Waals surface area contributed by atoms with Gasteiger partial charge in [0.1, 0.15) is 5.82 Å². The first kappa shape index (κ1) is 14.5. The monoisotopic (exact) mass is 297 g/mol. The summed E-state index contributed by atoms with van der Waals surface area (Å²) < 4.78 is 25.9. The first-order valence-corrected chi connectivity index (χ1v) is 6.70. The largest absolute Gasteiger partial charge is 0.307 e. The van der Waals surface area contributed by atoms with Crippen molar-refractivity contribution in [2.75, 3.05) is 5.32 Å². The summed E-state index contributed by atoms with van der Waals surface area (Å²) in [5.41, 5.74) is 1.20. The average Bonchev–Trinajstić information content (AvgIpc) is 2.68. The second kappa shape index (κ2) is 6.04. The minimum atomic E-state index is -2.47. The second-order valence-electron chi connectivity index (χ2n) is 4.15. The maximum Gasteiger partial charge on any atom is 0.288 e. The molecule has 20 heavy (non-hydrogen) atoms. The van der Waals surface area contributed by atoms with Crippen molar-refractivity contribution in [3.05, 3.63) is 41.6 Å². The highest BCUT2D eigenvalue weighted by molar-refractivity contribution is 7.99. The maximum atomic E-state index is 12.2. The van der Waals surface area contributed by atoms with Crippen LogP contribution in [0, 0.1) is 6.92 Å². The van der Waals surface area contributed by atoms with Crippen molar-refractivity contribution in [3.8, 4) is 0 Å². The van der Waals surface area contributed by atoms with Crippen molar-refractivity contribution in [2.24, 2.45) is 7.05 Å². The van der Waals surface area contributed by atoms with Gasteiger partial charge in [-0.05, 0) is 31.2 Å². The van der Waals surface area contributed by atoms with Crippen LogP contribution in [0.25, 0.3) is 0 Å². The Morgan fingerprint density at radius 3 is 2.50 bits per heavy atom. The summed E-state index contributed by atoms with van der Waals surface area (Å²) >= 11 is 0.449.